The highest BCUT2D eigenvalue weighted by molar-refractivity contribution is 5.54. The van der Waals surface area contributed by atoms with Crippen LogP contribution in [0.2, 0.25) is 0 Å². The summed E-state index contributed by atoms with van der Waals surface area (Å²) in [7, 11) is 0. The molecule has 6 rings (SSSR count). The molecule has 3 aromatic rings. The van der Waals surface area contributed by atoms with Gasteiger partial charge in [-0.05, 0) is 63.0 Å². The Morgan fingerprint density at radius 1 is 1.13 bits per heavy atom. The summed E-state index contributed by atoms with van der Waals surface area (Å²) < 4.78 is 3.41. The first kappa shape index (κ1) is 25.0. The second kappa shape index (κ2) is 10.1. The number of hydrogen-bond acceptors (Lipinski definition) is 8. The number of anilines is 2. The van der Waals surface area contributed by atoms with Crippen molar-refractivity contribution in [3.63, 3.8) is 0 Å². The zero-order valence-corrected chi connectivity index (χ0v) is 22.8. The van der Waals surface area contributed by atoms with Crippen LogP contribution >= 0.6 is 0 Å². The second-order valence-corrected chi connectivity index (χ2v) is 12.1. The lowest BCUT2D eigenvalue weighted by atomic mass is 9.93. The average Bonchev–Trinajstić information content (AvgIpc) is 3.49. The number of nitrogens with one attached hydrogen (secondary N) is 1. The van der Waals surface area contributed by atoms with E-state index in [0.717, 1.165) is 63.0 Å². The van der Waals surface area contributed by atoms with Crippen LogP contribution in [-0.4, -0.2) is 68.3 Å². The van der Waals surface area contributed by atoms with Crippen molar-refractivity contribution >= 4 is 11.5 Å². The van der Waals surface area contributed by atoms with E-state index in [0.29, 0.717) is 17.4 Å². The third-order valence-corrected chi connectivity index (χ3v) is 8.29. The van der Waals surface area contributed by atoms with Gasteiger partial charge in [0, 0.05) is 50.2 Å². The molecule has 0 aromatic carbocycles. The van der Waals surface area contributed by atoms with Crippen molar-refractivity contribution < 1.29 is 0 Å². The van der Waals surface area contributed by atoms with Gasteiger partial charge in [0.2, 0.25) is 0 Å². The van der Waals surface area contributed by atoms with Crippen LogP contribution in [0.25, 0.3) is 11.4 Å². The highest BCUT2D eigenvalue weighted by Gasteiger charge is 2.30. The molecule has 202 valence electrons. The molecule has 0 radical (unpaired) electrons. The van der Waals surface area contributed by atoms with Crippen molar-refractivity contribution in [2.24, 2.45) is 11.3 Å². The molecule has 2 aliphatic heterocycles. The van der Waals surface area contributed by atoms with Gasteiger partial charge in [-0.2, -0.15) is 0 Å². The first-order chi connectivity index (χ1) is 18.3. The van der Waals surface area contributed by atoms with Crippen LogP contribution in [0.1, 0.15) is 59.0 Å². The third kappa shape index (κ3) is 5.45. The molecule has 10 heteroatoms. The molecule has 2 atom stereocenters. The van der Waals surface area contributed by atoms with Crippen molar-refractivity contribution in [2.75, 3.05) is 42.5 Å². The lowest BCUT2D eigenvalue weighted by Gasteiger charge is -2.35. The molecule has 38 heavy (non-hydrogen) atoms. The van der Waals surface area contributed by atoms with Gasteiger partial charge in [0.05, 0.1) is 18.6 Å². The zero-order valence-electron chi connectivity index (χ0n) is 22.8. The summed E-state index contributed by atoms with van der Waals surface area (Å²) >= 11 is 0. The Hall–Kier alpha value is -3.27. The van der Waals surface area contributed by atoms with E-state index in [1.54, 1.807) is 21.5 Å². The van der Waals surface area contributed by atoms with Gasteiger partial charge >= 0.3 is 0 Å². The van der Waals surface area contributed by atoms with Crippen molar-refractivity contribution in [2.45, 2.75) is 65.1 Å². The van der Waals surface area contributed by atoms with Crippen molar-refractivity contribution in [3.05, 3.63) is 47.3 Å². The molecule has 3 aromatic heterocycles. The lowest BCUT2D eigenvalue weighted by molar-refractivity contribution is 0.403. The third-order valence-electron chi connectivity index (χ3n) is 8.29. The van der Waals surface area contributed by atoms with E-state index in [-0.39, 0.29) is 17.1 Å². The van der Waals surface area contributed by atoms with E-state index in [1.165, 1.54) is 19.3 Å². The van der Waals surface area contributed by atoms with E-state index in [2.05, 4.69) is 44.3 Å². The van der Waals surface area contributed by atoms with Crippen LogP contribution in [0.3, 0.4) is 0 Å². The Labute approximate surface area is 224 Å². The number of nitrogens with zero attached hydrogens (tertiary/aromatic N) is 8. The number of aromatic nitrogens is 6. The first-order valence-electron chi connectivity index (χ1n) is 14.0. The minimum atomic E-state index is -0.317. The van der Waals surface area contributed by atoms with E-state index in [1.807, 2.05) is 31.6 Å². The van der Waals surface area contributed by atoms with Gasteiger partial charge in [0.1, 0.15) is 23.4 Å². The van der Waals surface area contributed by atoms with Crippen molar-refractivity contribution in [1.82, 2.24) is 34.8 Å². The predicted octanol–water partition coefficient (Wildman–Crippen LogP) is 3.17. The maximum Gasteiger partial charge on any atom is 0.254 e. The molecule has 1 saturated carbocycles. The molecule has 3 aliphatic rings. The minimum absolute atomic E-state index is 0.0430. The molecule has 1 N–H and O–H groups in total. The summed E-state index contributed by atoms with van der Waals surface area (Å²) in [6.07, 6.45) is 13.1. The van der Waals surface area contributed by atoms with Gasteiger partial charge in [-0.1, -0.05) is 19.1 Å². The topological polar surface area (TPSA) is 97.0 Å². The largest absolute Gasteiger partial charge is 0.370 e. The molecule has 10 nitrogen and oxygen atoms in total. The Morgan fingerprint density at radius 2 is 2.00 bits per heavy atom. The standard InChI is InChI=1S/C28H39N9O/c1-20(36-11-8-23(13-27(36)38)34-10-4-5-22(17-34)30-14-21-6-7-21)37-18-25(32-33-37)24-15-29-16-26(31-24)35-12-9-28(2,3)19-35/h8,11,13,15-16,18,20-22,30H,4-7,9-10,12,14,17,19H2,1-3H3/t20?,22-/m1/s1. The molecule has 0 bridgehead atoms. The highest BCUT2D eigenvalue weighted by atomic mass is 16.1. The van der Waals surface area contributed by atoms with Gasteiger partial charge in [-0.25, -0.2) is 9.67 Å². The average molecular weight is 518 g/mol. The smallest absolute Gasteiger partial charge is 0.254 e. The number of rotatable bonds is 8. The molecular formula is C28H39N9O. The maximum absolute atomic E-state index is 13.2. The van der Waals surface area contributed by atoms with Gasteiger partial charge in [0.25, 0.3) is 5.56 Å². The Kier molecular flexibility index (Phi) is 6.67. The Morgan fingerprint density at radius 3 is 2.76 bits per heavy atom. The first-order valence-corrected chi connectivity index (χ1v) is 14.0. The van der Waals surface area contributed by atoms with Crippen LogP contribution in [0.15, 0.2) is 41.7 Å². The quantitative estimate of drug-likeness (QED) is 0.487. The summed E-state index contributed by atoms with van der Waals surface area (Å²) in [5.41, 5.74) is 2.56. The van der Waals surface area contributed by atoms with Gasteiger partial charge in [0.15, 0.2) is 0 Å². The number of pyridine rings is 1. The molecular weight excluding hydrogens is 478 g/mol. The molecule has 0 amide bonds. The van der Waals surface area contributed by atoms with Crippen LogP contribution < -0.4 is 20.7 Å². The maximum atomic E-state index is 13.2. The van der Waals surface area contributed by atoms with Crippen LogP contribution in [0, 0.1) is 11.3 Å². The van der Waals surface area contributed by atoms with Crippen LogP contribution in [0.4, 0.5) is 11.5 Å². The summed E-state index contributed by atoms with van der Waals surface area (Å²) in [6, 6.07) is 4.30. The highest BCUT2D eigenvalue weighted by Crippen LogP contribution is 2.32. The van der Waals surface area contributed by atoms with Crippen molar-refractivity contribution in [3.8, 4) is 11.4 Å². The fraction of sp³-hybridized carbons (Fsp3) is 0.607. The van der Waals surface area contributed by atoms with E-state index in [4.69, 9.17) is 4.98 Å². The summed E-state index contributed by atoms with van der Waals surface area (Å²) in [6.45, 7) is 11.5. The van der Waals surface area contributed by atoms with Crippen LogP contribution in [-0.2, 0) is 0 Å². The molecule has 1 unspecified atom stereocenters. The summed E-state index contributed by atoms with van der Waals surface area (Å²) in [5, 5.41) is 12.4. The molecule has 2 saturated heterocycles. The van der Waals surface area contributed by atoms with E-state index in [9.17, 15) is 4.79 Å². The molecule has 3 fully saturated rings. The fourth-order valence-electron chi connectivity index (χ4n) is 5.66. The van der Waals surface area contributed by atoms with E-state index >= 15 is 0 Å². The Balaban J connectivity index is 1.14. The number of hydrogen-bond donors (Lipinski definition) is 1. The number of piperidine rings is 1. The van der Waals surface area contributed by atoms with Gasteiger partial charge < -0.3 is 15.1 Å². The lowest BCUT2D eigenvalue weighted by Crippen LogP contribution is -2.46. The monoisotopic (exact) mass is 517 g/mol. The summed E-state index contributed by atoms with van der Waals surface area (Å²) in [5.74, 6) is 1.74. The Bertz CT molecular complexity index is 1330. The summed E-state index contributed by atoms with van der Waals surface area (Å²) in [4.78, 5) is 27.0. The minimum Gasteiger partial charge on any atom is -0.370 e. The fourth-order valence-corrected chi connectivity index (χ4v) is 5.66. The SMILES string of the molecule is CC(n1cc(-c2cncc(N3CCC(C)(C)C3)n2)nn1)n1ccc(N2CCC[C@@H](NCC3CC3)C2)cc1=O. The van der Waals surface area contributed by atoms with Crippen LogP contribution in [0.5, 0.6) is 0 Å². The zero-order chi connectivity index (χ0) is 26.3. The normalized spacial score (nSPS) is 22.1. The van der Waals surface area contributed by atoms with E-state index < -0.39 is 0 Å². The molecule has 0 spiro atoms. The van der Waals surface area contributed by atoms with Gasteiger partial charge in [-0.15, -0.1) is 5.10 Å². The molecule has 5 heterocycles. The predicted molar refractivity (Wildman–Crippen MR) is 148 cm³/mol. The van der Waals surface area contributed by atoms with Gasteiger partial charge in [-0.3, -0.25) is 14.3 Å². The second-order valence-electron chi connectivity index (χ2n) is 12.1. The van der Waals surface area contributed by atoms with Crippen molar-refractivity contribution in [1.29, 1.82) is 0 Å². The molecule has 1 aliphatic carbocycles.